The van der Waals surface area contributed by atoms with Crippen molar-refractivity contribution in [3.05, 3.63) is 35.9 Å². The molecule has 0 spiro atoms. The van der Waals surface area contributed by atoms with Gasteiger partial charge in [0.2, 0.25) is 0 Å². The van der Waals surface area contributed by atoms with E-state index in [0.717, 1.165) is 19.5 Å². The maximum atomic E-state index is 11.3. The van der Waals surface area contributed by atoms with Crippen molar-refractivity contribution >= 4 is 5.97 Å². The molecule has 1 aliphatic rings. The van der Waals surface area contributed by atoms with Gasteiger partial charge in [0.15, 0.2) is 0 Å². The monoisotopic (exact) mass is 261 g/mol. The Kier molecular flexibility index (Phi) is 5.40. The van der Waals surface area contributed by atoms with Gasteiger partial charge >= 0.3 is 5.97 Å². The fraction of sp³-hybridized carbons (Fsp3) is 0.562. The molecule has 1 aliphatic heterocycles. The molecule has 0 aromatic heterocycles. The summed E-state index contributed by atoms with van der Waals surface area (Å²) in [5, 5.41) is 0. The average Bonchev–Trinajstić information content (AvgIpc) is 2.47. The van der Waals surface area contributed by atoms with Crippen molar-refractivity contribution in [1.29, 1.82) is 0 Å². The van der Waals surface area contributed by atoms with Crippen LogP contribution in [0.2, 0.25) is 0 Å². The first kappa shape index (κ1) is 14.1. The van der Waals surface area contributed by atoms with Gasteiger partial charge in [0.25, 0.3) is 0 Å². The van der Waals surface area contributed by atoms with E-state index in [4.69, 9.17) is 4.74 Å². The van der Waals surface area contributed by atoms with Crippen molar-refractivity contribution in [1.82, 2.24) is 4.90 Å². The zero-order valence-electron chi connectivity index (χ0n) is 11.7. The first-order chi connectivity index (χ1) is 9.29. The third kappa shape index (κ3) is 4.35. The number of likely N-dealkylation sites (tertiary alicyclic amines) is 1. The molecule has 3 nitrogen and oxygen atoms in total. The van der Waals surface area contributed by atoms with Crippen LogP contribution in [0.3, 0.4) is 0 Å². The molecule has 1 aromatic rings. The number of methoxy groups -OCH3 is 1. The number of hydrogen-bond acceptors (Lipinski definition) is 3. The predicted molar refractivity (Wildman–Crippen MR) is 75.7 cm³/mol. The molecule has 0 aliphatic carbocycles. The normalized spacial score (nSPS) is 20.2. The Morgan fingerprint density at radius 1 is 1.32 bits per heavy atom. The van der Waals surface area contributed by atoms with Gasteiger partial charge in [-0.25, -0.2) is 0 Å². The lowest BCUT2D eigenvalue weighted by atomic mass is 9.97. The van der Waals surface area contributed by atoms with Crippen LogP contribution in [0.1, 0.15) is 37.7 Å². The fourth-order valence-electron chi connectivity index (χ4n) is 2.80. The summed E-state index contributed by atoms with van der Waals surface area (Å²) in [6.07, 6.45) is 5.19. The number of ether oxygens (including phenoxy) is 1. The summed E-state index contributed by atoms with van der Waals surface area (Å²) in [7, 11) is 1.46. The molecule has 3 heteroatoms. The van der Waals surface area contributed by atoms with Crippen molar-refractivity contribution in [2.24, 2.45) is 0 Å². The third-order valence-corrected chi connectivity index (χ3v) is 3.89. The number of carbonyl (C=O) groups is 1. The van der Waals surface area contributed by atoms with E-state index in [1.54, 1.807) is 0 Å². The van der Waals surface area contributed by atoms with Crippen LogP contribution in [-0.2, 0) is 16.1 Å². The van der Waals surface area contributed by atoms with Crippen molar-refractivity contribution in [2.45, 2.75) is 44.7 Å². The summed E-state index contributed by atoms with van der Waals surface area (Å²) >= 11 is 0. The SMILES string of the molecule is COC(=O)CC[C@H]1CCCCN1Cc1ccccc1. The molecule has 1 heterocycles. The van der Waals surface area contributed by atoms with Crippen LogP contribution < -0.4 is 0 Å². The van der Waals surface area contributed by atoms with E-state index in [2.05, 4.69) is 35.2 Å². The van der Waals surface area contributed by atoms with Crippen molar-refractivity contribution < 1.29 is 9.53 Å². The van der Waals surface area contributed by atoms with Crippen LogP contribution in [0, 0.1) is 0 Å². The Morgan fingerprint density at radius 3 is 2.84 bits per heavy atom. The van der Waals surface area contributed by atoms with Crippen molar-refractivity contribution in [3.63, 3.8) is 0 Å². The van der Waals surface area contributed by atoms with E-state index in [0.29, 0.717) is 12.5 Å². The van der Waals surface area contributed by atoms with Crippen LogP contribution >= 0.6 is 0 Å². The average molecular weight is 261 g/mol. The number of piperidine rings is 1. The lowest BCUT2D eigenvalue weighted by molar-refractivity contribution is -0.141. The zero-order chi connectivity index (χ0) is 13.5. The van der Waals surface area contributed by atoms with E-state index < -0.39 is 0 Å². The van der Waals surface area contributed by atoms with Gasteiger partial charge in [-0.2, -0.15) is 0 Å². The molecule has 1 atom stereocenters. The predicted octanol–water partition coefficient (Wildman–Crippen LogP) is 2.99. The summed E-state index contributed by atoms with van der Waals surface area (Å²) in [5.41, 5.74) is 1.35. The highest BCUT2D eigenvalue weighted by Crippen LogP contribution is 2.23. The molecule has 1 aromatic carbocycles. The quantitative estimate of drug-likeness (QED) is 0.763. The molecule has 2 rings (SSSR count). The van der Waals surface area contributed by atoms with Gasteiger partial charge in [0, 0.05) is 19.0 Å². The number of nitrogens with zero attached hydrogens (tertiary/aromatic N) is 1. The second-order valence-corrected chi connectivity index (χ2v) is 5.22. The molecule has 1 fully saturated rings. The first-order valence-electron chi connectivity index (χ1n) is 7.14. The van der Waals surface area contributed by atoms with Crippen LogP contribution in [0.4, 0.5) is 0 Å². The molecule has 0 unspecified atom stereocenters. The van der Waals surface area contributed by atoms with Crippen LogP contribution in [-0.4, -0.2) is 30.6 Å². The largest absolute Gasteiger partial charge is 0.469 e. The summed E-state index contributed by atoms with van der Waals surface area (Å²) in [5.74, 6) is -0.0924. The van der Waals surface area contributed by atoms with Gasteiger partial charge in [-0.05, 0) is 31.4 Å². The molecule has 0 amide bonds. The minimum Gasteiger partial charge on any atom is -0.469 e. The molecule has 104 valence electrons. The molecular formula is C16H23NO2. The van der Waals surface area contributed by atoms with E-state index in [1.807, 2.05) is 0 Å². The summed E-state index contributed by atoms with van der Waals surface area (Å²) in [4.78, 5) is 13.8. The Morgan fingerprint density at radius 2 is 2.11 bits per heavy atom. The molecule has 1 saturated heterocycles. The lowest BCUT2D eigenvalue weighted by Crippen LogP contribution is -2.39. The Labute approximate surface area is 115 Å². The van der Waals surface area contributed by atoms with Crippen molar-refractivity contribution in [3.8, 4) is 0 Å². The summed E-state index contributed by atoms with van der Waals surface area (Å²) < 4.78 is 4.74. The summed E-state index contributed by atoms with van der Waals surface area (Å²) in [6, 6.07) is 11.1. The molecule has 0 radical (unpaired) electrons. The van der Waals surface area contributed by atoms with Crippen LogP contribution in [0.15, 0.2) is 30.3 Å². The molecule has 0 N–H and O–H groups in total. The van der Waals surface area contributed by atoms with E-state index in [9.17, 15) is 4.79 Å². The number of hydrogen-bond donors (Lipinski definition) is 0. The molecule has 19 heavy (non-hydrogen) atoms. The van der Waals surface area contributed by atoms with Gasteiger partial charge < -0.3 is 4.74 Å². The second-order valence-electron chi connectivity index (χ2n) is 5.22. The highest BCUT2D eigenvalue weighted by Gasteiger charge is 2.23. The Balaban J connectivity index is 1.90. The van der Waals surface area contributed by atoms with Crippen LogP contribution in [0.5, 0.6) is 0 Å². The standard InChI is InChI=1S/C16H23NO2/c1-19-16(18)11-10-15-9-5-6-12-17(15)13-14-7-3-2-4-8-14/h2-4,7-8,15H,5-6,9-13H2,1H3/t15-/m1/s1. The lowest BCUT2D eigenvalue weighted by Gasteiger charge is -2.35. The topological polar surface area (TPSA) is 29.5 Å². The third-order valence-electron chi connectivity index (χ3n) is 3.89. The van der Waals surface area contributed by atoms with Gasteiger partial charge in [-0.3, -0.25) is 9.69 Å². The van der Waals surface area contributed by atoms with Gasteiger partial charge in [0.05, 0.1) is 7.11 Å². The fourth-order valence-corrected chi connectivity index (χ4v) is 2.80. The number of esters is 1. The minimum atomic E-state index is -0.0924. The molecule has 0 bridgehead atoms. The van der Waals surface area contributed by atoms with Crippen molar-refractivity contribution in [2.75, 3.05) is 13.7 Å². The summed E-state index contributed by atoms with van der Waals surface area (Å²) in [6.45, 7) is 2.13. The number of rotatable bonds is 5. The Hall–Kier alpha value is -1.35. The molecular weight excluding hydrogens is 238 g/mol. The van der Waals surface area contributed by atoms with E-state index in [-0.39, 0.29) is 5.97 Å². The highest BCUT2D eigenvalue weighted by atomic mass is 16.5. The minimum absolute atomic E-state index is 0.0924. The second kappa shape index (κ2) is 7.29. The Bertz CT molecular complexity index is 391. The number of carbonyl (C=O) groups excluding carboxylic acids is 1. The van der Waals surface area contributed by atoms with Gasteiger partial charge in [-0.1, -0.05) is 36.8 Å². The van der Waals surface area contributed by atoms with Crippen LogP contribution in [0.25, 0.3) is 0 Å². The van der Waals surface area contributed by atoms with E-state index >= 15 is 0 Å². The van der Waals surface area contributed by atoms with Gasteiger partial charge in [0.1, 0.15) is 0 Å². The highest BCUT2D eigenvalue weighted by molar-refractivity contribution is 5.69. The molecule has 0 saturated carbocycles. The number of benzene rings is 1. The first-order valence-corrected chi connectivity index (χ1v) is 7.14. The van der Waals surface area contributed by atoms with E-state index in [1.165, 1.54) is 31.9 Å². The zero-order valence-corrected chi connectivity index (χ0v) is 11.7. The smallest absolute Gasteiger partial charge is 0.305 e. The van der Waals surface area contributed by atoms with Gasteiger partial charge in [-0.15, -0.1) is 0 Å². The maximum Gasteiger partial charge on any atom is 0.305 e. The maximum absolute atomic E-state index is 11.3.